The molecular weight excluding hydrogens is 323 g/mol. The molecule has 1 aliphatic heterocycles. The summed E-state index contributed by atoms with van der Waals surface area (Å²) in [5.74, 6) is 0.00750. The van der Waals surface area contributed by atoms with E-state index in [0.29, 0.717) is 12.1 Å². The number of hydroxylamine groups is 1. The number of aromatic nitrogens is 1. The van der Waals surface area contributed by atoms with Gasteiger partial charge in [0.05, 0.1) is 12.1 Å². The lowest BCUT2D eigenvalue weighted by molar-refractivity contribution is 0.234. The number of benzene rings is 1. The van der Waals surface area contributed by atoms with Crippen molar-refractivity contribution in [1.29, 1.82) is 0 Å². The largest absolute Gasteiger partial charge is 0.435 e. The molecule has 1 aromatic carbocycles. The summed E-state index contributed by atoms with van der Waals surface area (Å²) in [5, 5.41) is 9.46. The predicted molar refractivity (Wildman–Crippen MR) is 92.7 cm³/mol. The van der Waals surface area contributed by atoms with Gasteiger partial charge in [-0.25, -0.2) is 9.37 Å². The third-order valence-electron chi connectivity index (χ3n) is 4.06. The van der Waals surface area contributed by atoms with Gasteiger partial charge < -0.3 is 9.64 Å². The second kappa shape index (κ2) is 8.55. The van der Waals surface area contributed by atoms with Crippen LogP contribution in [0.15, 0.2) is 47.6 Å². The zero-order valence-electron chi connectivity index (χ0n) is 13.9. The molecule has 7 heteroatoms. The van der Waals surface area contributed by atoms with Gasteiger partial charge in [-0.3, -0.25) is 15.7 Å². The number of hydrogen-bond acceptors (Lipinski definition) is 5. The Kier molecular flexibility index (Phi) is 5.92. The first-order chi connectivity index (χ1) is 12.3. The molecular formula is C18H21FN4O2. The second-order valence-corrected chi connectivity index (χ2v) is 5.78. The summed E-state index contributed by atoms with van der Waals surface area (Å²) in [4.78, 5) is 10.9. The van der Waals surface area contributed by atoms with Crippen molar-refractivity contribution in [3.05, 3.63) is 54.0 Å². The number of nitrogens with one attached hydrogen (secondary N) is 1. The van der Waals surface area contributed by atoms with Gasteiger partial charge in [0.1, 0.15) is 0 Å². The van der Waals surface area contributed by atoms with E-state index in [9.17, 15) is 9.60 Å². The first-order valence-electron chi connectivity index (χ1n) is 8.32. The van der Waals surface area contributed by atoms with E-state index in [2.05, 4.69) is 20.4 Å². The van der Waals surface area contributed by atoms with Crippen LogP contribution in [0, 0.1) is 5.82 Å². The molecule has 132 valence electrons. The van der Waals surface area contributed by atoms with E-state index in [-0.39, 0.29) is 17.5 Å². The van der Waals surface area contributed by atoms with Gasteiger partial charge in [-0.2, -0.15) is 0 Å². The highest BCUT2D eigenvalue weighted by Crippen LogP contribution is 2.25. The van der Waals surface area contributed by atoms with E-state index >= 15 is 0 Å². The molecule has 0 spiro atoms. The molecule has 1 fully saturated rings. The number of ether oxygens (including phenoxy) is 1. The number of halogens is 1. The van der Waals surface area contributed by atoms with Crippen LogP contribution in [0.3, 0.4) is 0 Å². The Bertz CT molecular complexity index is 733. The molecule has 2 heterocycles. The first kappa shape index (κ1) is 17.3. The fraction of sp³-hybridized carbons (Fsp3) is 0.333. The van der Waals surface area contributed by atoms with Gasteiger partial charge in [0.2, 0.25) is 5.88 Å². The van der Waals surface area contributed by atoms with Crippen molar-refractivity contribution in [2.45, 2.75) is 12.8 Å². The summed E-state index contributed by atoms with van der Waals surface area (Å²) < 4.78 is 19.4. The SMILES string of the molecule is ONC(=NCCN1CCCC1)c1cccnc1Oc1ccccc1F. The fourth-order valence-electron chi connectivity index (χ4n) is 2.77. The molecule has 25 heavy (non-hydrogen) atoms. The van der Waals surface area contributed by atoms with Crippen molar-refractivity contribution in [1.82, 2.24) is 15.4 Å². The molecule has 1 saturated heterocycles. The lowest BCUT2D eigenvalue weighted by Crippen LogP contribution is -2.26. The van der Waals surface area contributed by atoms with Gasteiger partial charge in [-0.15, -0.1) is 0 Å². The average molecular weight is 344 g/mol. The molecule has 3 rings (SSSR count). The molecule has 2 N–H and O–H groups in total. The van der Waals surface area contributed by atoms with E-state index in [1.807, 2.05) is 0 Å². The van der Waals surface area contributed by atoms with Crippen LogP contribution >= 0.6 is 0 Å². The molecule has 1 aliphatic rings. The van der Waals surface area contributed by atoms with E-state index in [0.717, 1.165) is 19.6 Å². The second-order valence-electron chi connectivity index (χ2n) is 5.78. The first-order valence-corrected chi connectivity index (χ1v) is 8.32. The smallest absolute Gasteiger partial charge is 0.230 e. The van der Waals surface area contributed by atoms with Crippen molar-refractivity contribution in [3.63, 3.8) is 0 Å². The number of aliphatic imine (C=N–C) groups is 1. The Morgan fingerprint density at radius 1 is 1.24 bits per heavy atom. The summed E-state index contributed by atoms with van der Waals surface area (Å²) in [6.07, 6.45) is 3.98. The Morgan fingerprint density at radius 3 is 2.80 bits per heavy atom. The van der Waals surface area contributed by atoms with Crippen molar-refractivity contribution >= 4 is 5.84 Å². The maximum atomic E-state index is 13.8. The third-order valence-corrected chi connectivity index (χ3v) is 4.06. The van der Waals surface area contributed by atoms with Crippen molar-refractivity contribution in [2.75, 3.05) is 26.2 Å². The lowest BCUT2D eigenvalue weighted by atomic mass is 10.2. The maximum absolute atomic E-state index is 13.8. The summed E-state index contributed by atoms with van der Waals surface area (Å²) in [7, 11) is 0. The minimum absolute atomic E-state index is 0.0665. The van der Waals surface area contributed by atoms with Crippen molar-refractivity contribution in [3.8, 4) is 11.6 Å². The fourth-order valence-corrected chi connectivity index (χ4v) is 2.77. The molecule has 0 radical (unpaired) electrons. The molecule has 0 atom stereocenters. The van der Waals surface area contributed by atoms with Crippen LogP contribution in [0.25, 0.3) is 0 Å². The van der Waals surface area contributed by atoms with Gasteiger partial charge in [-0.1, -0.05) is 12.1 Å². The van der Waals surface area contributed by atoms with E-state index in [1.165, 1.54) is 25.0 Å². The molecule has 0 saturated carbocycles. The molecule has 0 bridgehead atoms. The predicted octanol–water partition coefficient (Wildman–Crippen LogP) is 2.83. The highest BCUT2D eigenvalue weighted by atomic mass is 19.1. The monoisotopic (exact) mass is 344 g/mol. The Hall–Kier alpha value is -2.51. The standard InChI is InChI=1S/C18H21FN4O2/c19-15-7-1-2-8-16(15)25-18-14(6-5-9-21-18)17(22-24)20-10-13-23-11-3-4-12-23/h1-2,5-9,24H,3-4,10-13H2,(H,20,22). The molecule has 2 aromatic rings. The Morgan fingerprint density at radius 2 is 2.04 bits per heavy atom. The zero-order valence-corrected chi connectivity index (χ0v) is 13.9. The lowest BCUT2D eigenvalue weighted by Gasteiger charge is -2.14. The zero-order chi connectivity index (χ0) is 17.5. The van der Waals surface area contributed by atoms with E-state index in [4.69, 9.17) is 4.74 Å². The summed E-state index contributed by atoms with van der Waals surface area (Å²) in [5.41, 5.74) is 2.57. The summed E-state index contributed by atoms with van der Waals surface area (Å²) in [6, 6.07) is 9.51. The maximum Gasteiger partial charge on any atom is 0.230 e. The number of likely N-dealkylation sites (tertiary alicyclic amines) is 1. The van der Waals surface area contributed by atoms with Crippen molar-refractivity contribution in [2.24, 2.45) is 4.99 Å². The highest BCUT2D eigenvalue weighted by molar-refractivity contribution is 6.00. The van der Waals surface area contributed by atoms with Crippen LogP contribution < -0.4 is 10.2 Å². The Labute approximate surface area is 145 Å². The van der Waals surface area contributed by atoms with Crippen LogP contribution in [0.5, 0.6) is 11.6 Å². The van der Waals surface area contributed by atoms with Crippen LogP contribution in [0.1, 0.15) is 18.4 Å². The van der Waals surface area contributed by atoms with Crippen molar-refractivity contribution < 1.29 is 14.3 Å². The van der Waals surface area contributed by atoms with Gasteiger partial charge in [-0.05, 0) is 50.2 Å². The minimum Gasteiger partial charge on any atom is -0.435 e. The normalized spacial score (nSPS) is 15.4. The Balaban J connectivity index is 1.76. The number of amidine groups is 1. The number of nitrogens with zero attached hydrogens (tertiary/aromatic N) is 3. The number of pyridine rings is 1. The molecule has 0 unspecified atom stereocenters. The molecule has 6 nitrogen and oxygen atoms in total. The minimum atomic E-state index is -0.483. The number of rotatable bonds is 6. The average Bonchev–Trinajstić information content (AvgIpc) is 3.15. The quantitative estimate of drug-likeness (QED) is 0.479. The highest BCUT2D eigenvalue weighted by Gasteiger charge is 2.15. The molecule has 0 amide bonds. The molecule has 1 aromatic heterocycles. The van der Waals surface area contributed by atoms with Crippen LogP contribution in [0.2, 0.25) is 0 Å². The summed E-state index contributed by atoms with van der Waals surface area (Å²) >= 11 is 0. The van der Waals surface area contributed by atoms with Gasteiger partial charge in [0, 0.05) is 12.7 Å². The van der Waals surface area contributed by atoms with Crippen LogP contribution in [-0.2, 0) is 0 Å². The molecule has 0 aliphatic carbocycles. The number of hydrogen-bond donors (Lipinski definition) is 2. The van der Waals surface area contributed by atoms with Gasteiger partial charge in [0.15, 0.2) is 17.4 Å². The summed E-state index contributed by atoms with van der Waals surface area (Å²) in [6.45, 7) is 3.55. The van der Waals surface area contributed by atoms with Gasteiger partial charge >= 0.3 is 0 Å². The third kappa shape index (κ3) is 4.52. The van der Waals surface area contributed by atoms with Crippen LogP contribution in [-0.4, -0.2) is 47.1 Å². The van der Waals surface area contributed by atoms with Crippen LogP contribution in [0.4, 0.5) is 4.39 Å². The van der Waals surface area contributed by atoms with E-state index in [1.54, 1.807) is 30.5 Å². The topological polar surface area (TPSA) is 70.0 Å². The van der Waals surface area contributed by atoms with E-state index < -0.39 is 5.82 Å². The van der Waals surface area contributed by atoms with Gasteiger partial charge in [0.25, 0.3) is 0 Å². The number of para-hydroxylation sites is 1.